The van der Waals surface area contributed by atoms with E-state index in [1.54, 1.807) is 0 Å². The molecule has 2 heteroatoms. The SMILES string of the molecule is CCCCCCCCCCCC/C=C/CC/C=C/CC/C=C/CCCCCCCCCCC1=CC(C)OC1=O. The third-order valence-electron chi connectivity index (χ3n) is 7.78. The van der Waals surface area contributed by atoms with Crippen molar-refractivity contribution in [3.05, 3.63) is 48.1 Å². The van der Waals surface area contributed by atoms with Crippen LogP contribution < -0.4 is 0 Å². The Labute approximate surface area is 243 Å². The lowest BCUT2D eigenvalue weighted by Gasteiger charge is -2.02. The van der Waals surface area contributed by atoms with E-state index in [-0.39, 0.29) is 12.1 Å². The summed E-state index contributed by atoms with van der Waals surface area (Å²) in [6, 6.07) is 0. The van der Waals surface area contributed by atoms with Gasteiger partial charge in [0.2, 0.25) is 0 Å². The number of ether oxygens (including phenoxy) is 1. The second kappa shape index (κ2) is 28.0. The summed E-state index contributed by atoms with van der Waals surface area (Å²) in [7, 11) is 0. The molecule has 0 bridgehead atoms. The van der Waals surface area contributed by atoms with Gasteiger partial charge in [0, 0.05) is 5.57 Å². The van der Waals surface area contributed by atoms with Gasteiger partial charge in [0.15, 0.2) is 0 Å². The predicted molar refractivity (Wildman–Crippen MR) is 172 cm³/mol. The van der Waals surface area contributed by atoms with Crippen molar-refractivity contribution in [2.45, 2.75) is 180 Å². The van der Waals surface area contributed by atoms with Crippen LogP contribution in [0.5, 0.6) is 0 Å². The van der Waals surface area contributed by atoms with Crippen molar-refractivity contribution in [3.8, 4) is 0 Å². The van der Waals surface area contributed by atoms with Gasteiger partial charge in [-0.1, -0.05) is 140 Å². The Morgan fingerprint density at radius 2 is 0.897 bits per heavy atom. The molecular weight excluding hydrogens is 476 g/mol. The van der Waals surface area contributed by atoms with Crippen molar-refractivity contribution in [1.82, 2.24) is 0 Å². The van der Waals surface area contributed by atoms with Gasteiger partial charge in [-0.05, 0) is 77.2 Å². The van der Waals surface area contributed by atoms with Crippen molar-refractivity contribution in [2.75, 3.05) is 0 Å². The lowest BCUT2D eigenvalue weighted by molar-refractivity contribution is -0.139. The van der Waals surface area contributed by atoms with E-state index in [1.165, 1.54) is 148 Å². The van der Waals surface area contributed by atoms with E-state index in [2.05, 4.69) is 43.4 Å². The van der Waals surface area contributed by atoms with Gasteiger partial charge in [-0.15, -0.1) is 0 Å². The van der Waals surface area contributed by atoms with Crippen LogP contribution in [0.4, 0.5) is 0 Å². The zero-order valence-electron chi connectivity index (χ0n) is 26.1. The van der Waals surface area contributed by atoms with Gasteiger partial charge in [0.25, 0.3) is 0 Å². The van der Waals surface area contributed by atoms with Crippen LogP contribution in [0, 0.1) is 0 Å². The highest BCUT2D eigenvalue weighted by Crippen LogP contribution is 2.20. The minimum Gasteiger partial charge on any atom is -0.455 e. The normalized spacial score (nSPS) is 15.8. The quantitative estimate of drug-likeness (QED) is 0.0560. The maximum absolute atomic E-state index is 11.6. The van der Waals surface area contributed by atoms with E-state index in [0.717, 1.165) is 18.4 Å². The van der Waals surface area contributed by atoms with Crippen LogP contribution in [0.2, 0.25) is 0 Å². The number of hydrogen-bond donors (Lipinski definition) is 0. The van der Waals surface area contributed by atoms with E-state index in [9.17, 15) is 4.79 Å². The lowest BCUT2D eigenvalue weighted by Crippen LogP contribution is -2.03. The summed E-state index contributed by atoms with van der Waals surface area (Å²) in [5.41, 5.74) is 0.893. The fourth-order valence-corrected chi connectivity index (χ4v) is 5.30. The highest BCUT2D eigenvalue weighted by molar-refractivity contribution is 5.90. The summed E-state index contributed by atoms with van der Waals surface area (Å²) in [6.07, 6.45) is 48.9. The molecule has 1 aliphatic rings. The van der Waals surface area contributed by atoms with Gasteiger partial charge < -0.3 is 4.74 Å². The van der Waals surface area contributed by atoms with E-state index in [1.807, 2.05) is 13.0 Å². The molecule has 0 aromatic rings. The molecular formula is C37H64O2. The molecule has 1 rings (SSSR count). The van der Waals surface area contributed by atoms with Gasteiger partial charge in [-0.3, -0.25) is 0 Å². The van der Waals surface area contributed by atoms with Crippen molar-refractivity contribution in [1.29, 1.82) is 0 Å². The summed E-state index contributed by atoms with van der Waals surface area (Å²) < 4.78 is 5.15. The third-order valence-corrected chi connectivity index (χ3v) is 7.78. The Balaban J connectivity index is 1.74. The van der Waals surface area contributed by atoms with Crippen molar-refractivity contribution >= 4 is 5.97 Å². The molecule has 0 fully saturated rings. The standard InChI is InChI=1S/C37H64O2/c1-3-4-5-6-7-8-9-10-11-12-13-14-15-16-17-18-19-20-21-22-23-24-25-26-27-28-29-30-31-32-33-36-34-35(2)39-37(36)38/h14-15,18-19,22-23,34-35H,3-13,16-17,20-21,24-33H2,1-2H3/b15-14+,19-18+,23-22+. The first kappa shape index (κ1) is 35.5. The molecule has 2 nitrogen and oxygen atoms in total. The molecule has 0 amide bonds. The van der Waals surface area contributed by atoms with Crippen molar-refractivity contribution in [2.24, 2.45) is 0 Å². The number of unbranched alkanes of at least 4 members (excludes halogenated alkanes) is 20. The average molecular weight is 541 g/mol. The van der Waals surface area contributed by atoms with Crippen LogP contribution in [0.15, 0.2) is 48.1 Å². The van der Waals surface area contributed by atoms with Gasteiger partial charge in [0.05, 0.1) is 0 Å². The Kier molecular flexibility index (Phi) is 25.4. The maximum atomic E-state index is 11.6. The molecule has 1 atom stereocenters. The highest BCUT2D eigenvalue weighted by Gasteiger charge is 2.21. The number of esters is 1. The Morgan fingerprint density at radius 3 is 1.28 bits per heavy atom. The van der Waals surface area contributed by atoms with Crippen LogP contribution in [0.3, 0.4) is 0 Å². The molecule has 0 aliphatic carbocycles. The van der Waals surface area contributed by atoms with E-state index in [0.29, 0.717) is 0 Å². The smallest absolute Gasteiger partial charge is 0.334 e. The summed E-state index contributed by atoms with van der Waals surface area (Å²) in [5, 5.41) is 0. The summed E-state index contributed by atoms with van der Waals surface area (Å²) in [6.45, 7) is 4.22. The highest BCUT2D eigenvalue weighted by atomic mass is 16.5. The van der Waals surface area contributed by atoms with Crippen LogP contribution in [-0.2, 0) is 9.53 Å². The molecule has 0 radical (unpaired) electrons. The number of hydrogen-bond acceptors (Lipinski definition) is 2. The van der Waals surface area contributed by atoms with E-state index < -0.39 is 0 Å². The molecule has 0 N–H and O–H groups in total. The summed E-state index contributed by atoms with van der Waals surface area (Å²) in [4.78, 5) is 11.6. The summed E-state index contributed by atoms with van der Waals surface area (Å²) >= 11 is 0. The predicted octanol–water partition coefficient (Wildman–Crippen LogP) is 12.3. The number of cyclic esters (lactones) is 1. The van der Waals surface area contributed by atoms with E-state index in [4.69, 9.17) is 4.74 Å². The largest absolute Gasteiger partial charge is 0.455 e. The van der Waals surface area contributed by atoms with E-state index >= 15 is 0 Å². The first-order chi connectivity index (χ1) is 19.2. The third kappa shape index (κ3) is 24.0. The minimum atomic E-state index is -0.0962. The minimum absolute atomic E-state index is 0.0226. The lowest BCUT2D eigenvalue weighted by atomic mass is 10.0. The molecule has 1 unspecified atom stereocenters. The molecule has 0 saturated heterocycles. The summed E-state index contributed by atoms with van der Waals surface area (Å²) in [5.74, 6) is -0.0962. The Hall–Kier alpha value is -1.57. The van der Waals surface area contributed by atoms with Crippen molar-refractivity contribution < 1.29 is 9.53 Å². The maximum Gasteiger partial charge on any atom is 0.334 e. The molecule has 0 aromatic carbocycles. The molecule has 39 heavy (non-hydrogen) atoms. The monoisotopic (exact) mass is 540 g/mol. The van der Waals surface area contributed by atoms with Crippen LogP contribution in [0.1, 0.15) is 174 Å². The molecule has 1 aliphatic heterocycles. The zero-order valence-corrected chi connectivity index (χ0v) is 26.1. The molecule has 1 heterocycles. The van der Waals surface area contributed by atoms with Crippen LogP contribution >= 0.6 is 0 Å². The number of carbonyl (C=O) groups excluding carboxylic acids is 1. The first-order valence-electron chi connectivity index (χ1n) is 17.1. The topological polar surface area (TPSA) is 26.3 Å². The molecule has 0 saturated carbocycles. The van der Waals surface area contributed by atoms with Gasteiger partial charge in [-0.2, -0.15) is 0 Å². The average Bonchev–Trinajstić information content (AvgIpc) is 3.26. The molecule has 0 aromatic heterocycles. The number of allylic oxidation sites excluding steroid dienone is 6. The van der Waals surface area contributed by atoms with Crippen molar-refractivity contribution in [3.63, 3.8) is 0 Å². The number of carbonyl (C=O) groups is 1. The Morgan fingerprint density at radius 1 is 0.538 bits per heavy atom. The van der Waals surface area contributed by atoms with Crippen LogP contribution in [0.25, 0.3) is 0 Å². The first-order valence-corrected chi connectivity index (χ1v) is 17.1. The zero-order chi connectivity index (χ0) is 28.1. The second-order valence-electron chi connectivity index (χ2n) is 11.7. The fourth-order valence-electron chi connectivity index (χ4n) is 5.30. The second-order valence-corrected chi connectivity index (χ2v) is 11.7. The van der Waals surface area contributed by atoms with Gasteiger partial charge in [-0.25, -0.2) is 4.79 Å². The Bertz CT molecular complexity index is 669. The number of rotatable bonds is 28. The molecule has 0 spiro atoms. The fraction of sp³-hybridized carbons (Fsp3) is 0.757. The van der Waals surface area contributed by atoms with Gasteiger partial charge in [0.1, 0.15) is 6.10 Å². The van der Waals surface area contributed by atoms with Gasteiger partial charge >= 0.3 is 5.97 Å². The molecule has 224 valence electrons. The van der Waals surface area contributed by atoms with Crippen LogP contribution in [-0.4, -0.2) is 12.1 Å².